The maximum absolute atomic E-state index is 12.7. The molecule has 1 heterocycles. The number of sulfonamides is 1. The van der Waals surface area contributed by atoms with Crippen molar-refractivity contribution in [3.63, 3.8) is 0 Å². The van der Waals surface area contributed by atoms with E-state index in [0.29, 0.717) is 24.3 Å². The van der Waals surface area contributed by atoms with Crippen molar-refractivity contribution >= 4 is 21.6 Å². The molecule has 1 aliphatic rings. The molecule has 1 N–H and O–H groups in total. The SMILES string of the molecule is CC(C(=O)Nc1ccc(OC(F)(F)F)cc1)N1CCN(S(=O)(=O)Cc2ccccc2)CC1. The number of piperazine rings is 1. The van der Waals surface area contributed by atoms with Crippen molar-refractivity contribution in [1.82, 2.24) is 9.21 Å². The molecule has 0 saturated carbocycles. The number of nitrogens with zero attached hydrogens (tertiary/aromatic N) is 2. The van der Waals surface area contributed by atoms with Gasteiger partial charge in [-0.3, -0.25) is 9.69 Å². The lowest BCUT2D eigenvalue weighted by atomic mass is 10.2. The molecule has 1 unspecified atom stereocenters. The van der Waals surface area contributed by atoms with E-state index >= 15 is 0 Å². The summed E-state index contributed by atoms with van der Waals surface area (Å²) in [5, 5.41) is 2.65. The molecule has 32 heavy (non-hydrogen) atoms. The van der Waals surface area contributed by atoms with Crippen LogP contribution in [0.15, 0.2) is 54.6 Å². The molecule has 7 nitrogen and oxygen atoms in total. The molecule has 0 spiro atoms. The third-order valence-electron chi connectivity index (χ3n) is 5.14. The molecule has 0 aromatic heterocycles. The van der Waals surface area contributed by atoms with Crippen LogP contribution >= 0.6 is 0 Å². The molecule has 3 rings (SSSR count). The van der Waals surface area contributed by atoms with Crippen molar-refractivity contribution in [2.75, 3.05) is 31.5 Å². The lowest BCUT2D eigenvalue weighted by Crippen LogP contribution is -2.54. The van der Waals surface area contributed by atoms with Crippen LogP contribution in [0.4, 0.5) is 18.9 Å². The Balaban J connectivity index is 1.51. The third-order valence-corrected chi connectivity index (χ3v) is 6.99. The van der Waals surface area contributed by atoms with Crippen LogP contribution < -0.4 is 10.1 Å². The zero-order valence-electron chi connectivity index (χ0n) is 17.4. The predicted molar refractivity (Wildman–Crippen MR) is 113 cm³/mol. The molecule has 11 heteroatoms. The van der Waals surface area contributed by atoms with E-state index in [4.69, 9.17) is 0 Å². The van der Waals surface area contributed by atoms with Gasteiger partial charge in [-0.15, -0.1) is 13.2 Å². The predicted octanol–water partition coefficient (Wildman–Crippen LogP) is 3.06. The maximum atomic E-state index is 12.7. The molecule has 1 atom stereocenters. The highest BCUT2D eigenvalue weighted by molar-refractivity contribution is 7.88. The average Bonchev–Trinajstić information content (AvgIpc) is 2.74. The van der Waals surface area contributed by atoms with Gasteiger partial charge in [0.25, 0.3) is 0 Å². The van der Waals surface area contributed by atoms with Gasteiger partial charge in [-0.1, -0.05) is 30.3 Å². The third kappa shape index (κ3) is 6.68. The molecular formula is C21H24F3N3O4S. The number of amides is 1. The molecule has 0 aliphatic carbocycles. The van der Waals surface area contributed by atoms with Crippen molar-refractivity contribution in [3.05, 3.63) is 60.2 Å². The summed E-state index contributed by atoms with van der Waals surface area (Å²) in [5.74, 6) is -0.788. The second kappa shape index (κ2) is 9.88. The Morgan fingerprint density at radius 2 is 1.62 bits per heavy atom. The van der Waals surface area contributed by atoms with E-state index in [-0.39, 0.29) is 30.5 Å². The van der Waals surface area contributed by atoms with Crippen molar-refractivity contribution in [1.29, 1.82) is 0 Å². The molecular weight excluding hydrogens is 447 g/mol. The molecule has 0 bridgehead atoms. The summed E-state index contributed by atoms with van der Waals surface area (Å²) in [6, 6.07) is 13.3. The first-order valence-corrected chi connectivity index (χ1v) is 11.6. The van der Waals surface area contributed by atoms with Gasteiger partial charge in [0, 0.05) is 31.9 Å². The summed E-state index contributed by atoms with van der Waals surface area (Å²) in [7, 11) is -3.46. The van der Waals surface area contributed by atoms with Gasteiger partial charge in [0.2, 0.25) is 15.9 Å². The fourth-order valence-corrected chi connectivity index (χ4v) is 4.91. The van der Waals surface area contributed by atoms with E-state index in [2.05, 4.69) is 10.1 Å². The molecule has 1 saturated heterocycles. The van der Waals surface area contributed by atoms with Gasteiger partial charge in [-0.05, 0) is 36.8 Å². The first-order valence-electron chi connectivity index (χ1n) is 9.96. The summed E-state index contributed by atoms with van der Waals surface area (Å²) in [6.45, 7) is 3.03. The standard InChI is InChI=1S/C21H24F3N3O4S/c1-16(20(28)25-18-7-9-19(10-8-18)31-21(22,23)24)26-11-13-27(14-12-26)32(29,30)15-17-5-3-2-4-6-17/h2-10,16H,11-15H2,1H3,(H,25,28). The van der Waals surface area contributed by atoms with Crippen LogP contribution in [0, 0.1) is 0 Å². The van der Waals surface area contributed by atoms with E-state index in [0.717, 1.165) is 12.1 Å². The van der Waals surface area contributed by atoms with Gasteiger partial charge in [0.1, 0.15) is 5.75 Å². The van der Waals surface area contributed by atoms with Gasteiger partial charge in [0.05, 0.1) is 11.8 Å². The van der Waals surface area contributed by atoms with Gasteiger partial charge < -0.3 is 10.1 Å². The van der Waals surface area contributed by atoms with Crippen LogP contribution in [-0.2, 0) is 20.6 Å². The quantitative estimate of drug-likeness (QED) is 0.672. The van der Waals surface area contributed by atoms with Crippen molar-refractivity contribution in [2.45, 2.75) is 25.1 Å². The van der Waals surface area contributed by atoms with Crippen molar-refractivity contribution < 1.29 is 31.1 Å². The smallest absolute Gasteiger partial charge is 0.406 e. The topological polar surface area (TPSA) is 79.0 Å². The first kappa shape index (κ1) is 24.0. The van der Waals surface area contributed by atoms with Crippen LogP contribution in [-0.4, -0.2) is 62.1 Å². The van der Waals surface area contributed by atoms with Crippen molar-refractivity contribution in [2.24, 2.45) is 0 Å². The number of benzene rings is 2. The fraction of sp³-hybridized carbons (Fsp3) is 0.381. The van der Waals surface area contributed by atoms with Gasteiger partial charge in [0.15, 0.2) is 0 Å². The minimum absolute atomic E-state index is 0.0715. The Morgan fingerprint density at radius 1 is 1.03 bits per heavy atom. The zero-order chi connectivity index (χ0) is 23.4. The molecule has 1 amide bonds. The van der Waals surface area contributed by atoms with E-state index < -0.39 is 22.4 Å². The van der Waals surface area contributed by atoms with Crippen LogP contribution in [0.2, 0.25) is 0 Å². The first-order chi connectivity index (χ1) is 15.0. The second-order valence-corrected chi connectivity index (χ2v) is 9.38. The van der Waals surface area contributed by atoms with Crippen LogP contribution in [0.5, 0.6) is 5.75 Å². The highest BCUT2D eigenvalue weighted by Gasteiger charge is 2.32. The summed E-state index contributed by atoms with van der Waals surface area (Å²) in [4.78, 5) is 14.4. The number of halogens is 3. The van der Waals surface area contributed by atoms with Gasteiger partial charge >= 0.3 is 6.36 Å². The van der Waals surface area contributed by atoms with E-state index in [1.54, 1.807) is 31.2 Å². The van der Waals surface area contributed by atoms with E-state index in [9.17, 15) is 26.4 Å². The second-order valence-electron chi connectivity index (χ2n) is 7.41. The van der Waals surface area contributed by atoms with Crippen LogP contribution in [0.25, 0.3) is 0 Å². The Bertz CT molecular complexity index is 1010. The highest BCUT2D eigenvalue weighted by Crippen LogP contribution is 2.24. The number of rotatable bonds is 7. The molecule has 1 aliphatic heterocycles. The average molecular weight is 472 g/mol. The van der Waals surface area contributed by atoms with Crippen LogP contribution in [0.3, 0.4) is 0 Å². The number of carbonyl (C=O) groups excluding carboxylic acids is 1. The minimum Gasteiger partial charge on any atom is -0.406 e. The van der Waals surface area contributed by atoms with Gasteiger partial charge in [-0.2, -0.15) is 4.31 Å². The summed E-state index contributed by atoms with van der Waals surface area (Å²) >= 11 is 0. The number of hydrogen-bond acceptors (Lipinski definition) is 5. The minimum atomic E-state index is -4.78. The number of ether oxygens (including phenoxy) is 1. The zero-order valence-corrected chi connectivity index (χ0v) is 18.2. The lowest BCUT2D eigenvalue weighted by molar-refractivity contribution is -0.274. The lowest BCUT2D eigenvalue weighted by Gasteiger charge is -2.36. The van der Waals surface area contributed by atoms with Crippen LogP contribution in [0.1, 0.15) is 12.5 Å². The summed E-state index contributed by atoms with van der Waals surface area (Å²) < 4.78 is 67.3. The number of alkyl halides is 3. The Kier molecular flexibility index (Phi) is 7.42. The van der Waals surface area contributed by atoms with E-state index in [1.807, 2.05) is 11.0 Å². The normalized spacial score (nSPS) is 17.0. The number of hydrogen-bond donors (Lipinski definition) is 1. The van der Waals surface area contributed by atoms with Crippen molar-refractivity contribution in [3.8, 4) is 5.75 Å². The fourth-order valence-electron chi connectivity index (χ4n) is 3.40. The van der Waals surface area contributed by atoms with Gasteiger partial charge in [-0.25, -0.2) is 8.42 Å². The highest BCUT2D eigenvalue weighted by atomic mass is 32.2. The molecule has 2 aromatic carbocycles. The number of carbonyl (C=O) groups is 1. The Labute approximate surface area is 184 Å². The number of nitrogens with one attached hydrogen (secondary N) is 1. The molecule has 174 valence electrons. The monoisotopic (exact) mass is 471 g/mol. The largest absolute Gasteiger partial charge is 0.573 e. The Hall–Kier alpha value is -2.63. The number of anilines is 1. The molecule has 0 radical (unpaired) electrons. The summed E-state index contributed by atoms with van der Waals surface area (Å²) in [5.41, 5.74) is 1.05. The maximum Gasteiger partial charge on any atom is 0.573 e. The van der Waals surface area contributed by atoms with E-state index in [1.165, 1.54) is 16.4 Å². The molecule has 2 aromatic rings. The molecule has 1 fully saturated rings. The summed E-state index contributed by atoms with van der Waals surface area (Å²) in [6.07, 6.45) is -4.78. The Morgan fingerprint density at radius 3 is 2.19 bits per heavy atom.